The van der Waals surface area contributed by atoms with Crippen LogP contribution >= 0.6 is 0 Å². The number of benzene rings is 1. The van der Waals surface area contributed by atoms with Gasteiger partial charge in [0.25, 0.3) is 0 Å². The van der Waals surface area contributed by atoms with Crippen LogP contribution in [0.15, 0.2) is 12.1 Å². The minimum absolute atomic E-state index is 0. The second kappa shape index (κ2) is 8.06. The molecule has 1 aromatic carbocycles. The minimum atomic E-state index is -0.745. The molecule has 0 aliphatic rings. The predicted octanol–water partition coefficient (Wildman–Crippen LogP) is 4.81. The summed E-state index contributed by atoms with van der Waals surface area (Å²) in [6.45, 7) is 13.7. The molecule has 4 nitrogen and oxygen atoms in total. The lowest BCUT2D eigenvalue weighted by Gasteiger charge is -2.25. The molecule has 0 aliphatic carbocycles. The summed E-state index contributed by atoms with van der Waals surface area (Å²) in [5.74, 6) is -0.226. The van der Waals surface area contributed by atoms with E-state index in [-0.39, 0.29) is 36.2 Å². The summed E-state index contributed by atoms with van der Waals surface area (Å²) in [5.41, 5.74) is 1.21. The first-order chi connectivity index (χ1) is 9.30. The zero-order valence-corrected chi connectivity index (χ0v) is 14.1. The van der Waals surface area contributed by atoms with Crippen molar-refractivity contribution in [1.29, 1.82) is 0 Å². The Balaban J connectivity index is 0. The maximum absolute atomic E-state index is 10.0. The van der Waals surface area contributed by atoms with E-state index >= 15 is 0 Å². The van der Waals surface area contributed by atoms with Crippen molar-refractivity contribution >= 4 is 5.97 Å². The molecule has 0 radical (unpaired) electrons. The van der Waals surface area contributed by atoms with E-state index in [1.54, 1.807) is 19.1 Å². The van der Waals surface area contributed by atoms with Gasteiger partial charge in [-0.2, -0.15) is 0 Å². The van der Waals surface area contributed by atoms with Crippen molar-refractivity contribution in [3.05, 3.63) is 23.3 Å². The molecular formula is C18H32O4. The largest absolute Gasteiger partial charge is 0.508 e. The van der Waals surface area contributed by atoms with Gasteiger partial charge >= 0.3 is 5.97 Å². The topological polar surface area (TPSA) is 77.8 Å². The van der Waals surface area contributed by atoms with E-state index < -0.39 is 5.97 Å². The Morgan fingerprint density at radius 3 is 1.27 bits per heavy atom. The molecule has 3 N–H and O–H groups in total. The van der Waals surface area contributed by atoms with Crippen molar-refractivity contribution in [3.63, 3.8) is 0 Å². The van der Waals surface area contributed by atoms with Crippen molar-refractivity contribution in [2.24, 2.45) is 0 Å². The molecular weight excluding hydrogens is 280 g/mol. The number of aliphatic carboxylic acids is 1. The molecule has 0 aromatic heterocycles. The third-order valence-corrected chi connectivity index (χ3v) is 3.03. The molecule has 128 valence electrons. The highest BCUT2D eigenvalue weighted by Gasteiger charge is 2.24. The summed E-state index contributed by atoms with van der Waals surface area (Å²) in [5, 5.41) is 27.7. The van der Waals surface area contributed by atoms with Crippen molar-refractivity contribution < 1.29 is 20.1 Å². The number of aromatic hydroxyl groups is 2. The summed E-state index contributed by atoms with van der Waals surface area (Å²) in [4.78, 5) is 9.37. The predicted molar refractivity (Wildman–Crippen MR) is 91.8 cm³/mol. The van der Waals surface area contributed by atoms with E-state index in [2.05, 4.69) is 0 Å². The number of rotatable bonds is 1. The number of carboxylic acids is 1. The van der Waals surface area contributed by atoms with Gasteiger partial charge in [-0.25, -0.2) is 0 Å². The highest BCUT2D eigenvalue weighted by atomic mass is 16.4. The van der Waals surface area contributed by atoms with Gasteiger partial charge in [-0.05, 0) is 23.0 Å². The normalized spacial score (nSPS) is 11.0. The number of phenols is 2. The maximum Gasteiger partial charge on any atom is 0.303 e. The Morgan fingerprint density at radius 2 is 1.14 bits per heavy atom. The van der Waals surface area contributed by atoms with E-state index in [9.17, 15) is 15.0 Å². The summed E-state index contributed by atoms with van der Waals surface area (Å²) in [7, 11) is 0. The van der Waals surface area contributed by atoms with Gasteiger partial charge in [0.05, 0.1) is 0 Å². The van der Waals surface area contributed by atoms with Gasteiger partial charge in [0.1, 0.15) is 11.5 Å². The van der Waals surface area contributed by atoms with Crippen LogP contribution in [0.25, 0.3) is 0 Å². The van der Waals surface area contributed by atoms with Crippen LogP contribution < -0.4 is 0 Å². The van der Waals surface area contributed by atoms with Crippen LogP contribution in [0.5, 0.6) is 11.5 Å². The summed E-state index contributed by atoms with van der Waals surface area (Å²) in [6.07, 6.45) is 0.222. The molecule has 0 amide bonds. The number of hydrogen-bond acceptors (Lipinski definition) is 3. The molecule has 0 bridgehead atoms. The van der Waals surface area contributed by atoms with Gasteiger partial charge in [0.15, 0.2) is 0 Å². The van der Waals surface area contributed by atoms with E-state index in [0.29, 0.717) is 0 Å². The molecule has 0 aliphatic heterocycles. The fourth-order valence-corrected chi connectivity index (χ4v) is 1.78. The van der Waals surface area contributed by atoms with Crippen molar-refractivity contribution in [3.8, 4) is 11.5 Å². The fraction of sp³-hybridized carbons (Fsp3) is 0.611. The first kappa shape index (κ1) is 22.6. The molecule has 0 atom stereocenters. The van der Waals surface area contributed by atoms with Crippen LogP contribution in [0.1, 0.15) is 73.4 Å². The highest BCUT2D eigenvalue weighted by molar-refractivity contribution is 5.66. The lowest BCUT2D eigenvalue weighted by Crippen LogP contribution is -2.15. The van der Waals surface area contributed by atoms with E-state index in [0.717, 1.165) is 11.1 Å². The smallest absolute Gasteiger partial charge is 0.303 e. The quantitative estimate of drug-likeness (QED) is 0.650. The molecule has 0 saturated carbocycles. The average Bonchev–Trinajstić information content (AvgIpc) is 2.29. The monoisotopic (exact) mass is 312 g/mol. The van der Waals surface area contributed by atoms with Crippen molar-refractivity contribution in [2.75, 3.05) is 0 Å². The molecule has 0 fully saturated rings. The third kappa shape index (κ3) is 6.83. The van der Waals surface area contributed by atoms with Crippen LogP contribution in [0, 0.1) is 0 Å². The SMILES string of the molecule is C.CC(C)(C)c1cc(O)c(C(C)(C)C)cc1O.CCC(=O)O. The van der Waals surface area contributed by atoms with Gasteiger partial charge < -0.3 is 15.3 Å². The van der Waals surface area contributed by atoms with Crippen molar-refractivity contribution in [1.82, 2.24) is 0 Å². The average molecular weight is 312 g/mol. The maximum atomic E-state index is 10.0. The standard InChI is InChI=1S/C14H22O2.C3H6O2.CH4/c1-13(2,3)9-7-12(16)10(8-11(9)15)14(4,5)6;1-2-3(4)5;/h7-8,15-16H,1-6H3;2H2,1H3,(H,4,5);1H4. The molecule has 0 saturated heterocycles. The van der Waals surface area contributed by atoms with Gasteiger partial charge in [0.2, 0.25) is 0 Å². The number of carboxylic acid groups (broad SMARTS) is 1. The number of carbonyl (C=O) groups is 1. The Hall–Kier alpha value is -1.71. The Morgan fingerprint density at radius 1 is 0.909 bits per heavy atom. The number of hydrogen-bond donors (Lipinski definition) is 3. The molecule has 4 heteroatoms. The van der Waals surface area contributed by atoms with Crippen LogP contribution in [-0.2, 0) is 15.6 Å². The van der Waals surface area contributed by atoms with Crippen LogP contribution in [-0.4, -0.2) is 21.3 Å². The first-order valence-corrected chi connectivity index (χ1v) is 7.09. The molecule has 0 spiro atoms. The van der Waals surface area contributed by atoms with E-state index in [4.69, 9.17) is 5.11 Å². The van der Waals surface area contributed by atoms with Crippen LogP contribution in [0.4, 0.5) is 0 Å². The first-order valence-electron chi connectivity index (χ1n) is 7.09. The summed E-state index contributed by atoms with van der Waals surface area (Å²) in [6, 6.07) is 3.35. The van der Waals surface area contributed by atoms with Crippen LogP contribution in [0.2, 0.25) is 0 Å². The Kier molecular flexibility index (Phi) is 8.27. The number of phenolic OH excluding ortho intramolecular Hbond substituents is 2. The van der Waals surface area contributed by atoms with Crippen LogP contribution in [0.3, 0.4) is 0 Å². The summed E-state index contributed by atoms with van der Waals surface area (Å²) < 4.78 is 0. The zero-order valence-electron chi connectivity index (χ0n) is 14.1. The molecule has 0 heterocycles. The van der Waals surface area contributed by atoms with Gasteiger partial charge in [-0.1, -0.05) is 55.9 Å². The Labute approximate surface area is 134 Å². The van der Waals surface area contributed by atoms with E-state index in [1.165, 1.54) is 0 Å². The third-order valence-electron chi connectivity index (χ3n) is 3.03. The minimum Gasteiger partial charge on any atom is -0.508 e. The van der Waals surface area contributed by atoms with Gasteiger partial charge in [-0.15, -0.1) is 0 Å². The molecule has 0 unspecified atom stereocenters. The zero-order chi connectivity index (χ0) is 17.0. The second-order valence-electron chi connectivity index (χ2n) is 7.13. The molecule has 1 aromatic rings. The lowest BCUT2D eigenvalue weighted by atomic mass is 9.81. The molecule has 1 rings (SSSR count). The fourth-order valence-electron chi connectivity index (χ4n) is 1.78. The highest BCUT2D eigenvalue weighted by Crippen LogP contribution is 2.39. The van der Waals surface area contributed by atoms with Gasteiger partial charge in [-0.3, -0.25) is 4.79 Å². The summed E-state index contributed by atoms with van der Waals surface area (Å²) >= 11 is 0. The second-order valence-corrected chi connectivity index (χ2v) is 7.13. The van der Waals surface area contributed by atoms with Gasteiger partial charge in [0, 0.05) is 17.5 Å². The Bertz CT molecular complexity index is 451. The van der Waals surface area contributed by atoms with E-state index in [1.807, 2.05) is 41.5 Å². The molecule has 22 heavy (non-hydrogen) atoms. The van der Waals surface area contributed by atoms with Crippen molar-refractivity contribution in [2.45, 2.75) is 73.1 Å². The lowest BCUT2D eigenvalue weighted by molar-refractivity contribution is -0.136.